The molecule has 0 aliphatic heterocycles. The van der Waals surface area contributed by atoms with Crippen molar-refractivity contribution in [3.05, 3.63) is 36.2 Å². The number of hydrogen-bond acceptors (Lipinski definition) is 4. The summed E-state index contributed by atoms with van der Waals surface area (Å²) in [6.45, 7) is 0.166. The van der Waals surface area contributed by atoms with E-state index in [2.05, 4.69) is 20.5 Å². The Labute approximate surface area is 97.7 Å². The van der Waals surface area contributed by atoms with Crippen molar-refractivity contribution in [2.24, 2.45) is 0 Å². The van der Waals surface area contributed by atoms with Crippen LogP contribution in [0.1, 0.15) is 10.4 Å². The van der Waals surface area contributed by atoms with Crippen LogP contribution in [0.25, 0.3) is 11.4 Å². The summed E-state index contributed by atoms with van der Waals surface area (Å²) in [7, 11) is 0. The summed E-state index contributed by atoms with van der Waals surface area (Å²) in [4.78, 5) is 15.7. The van der Waals surface area contributed by atoms with Gasteiger partial charge in [0.15, 0.2) is 5.82 Å². The molecule has 0 spiro atoms. The fourth-order valence-electron chi connectivity index (χ4n) is 1.42. The molecule has 88 valence electrons. The minimum absolute atomic E-state index is 0.0759. The van der Waals surface area contributed by atoms with E-state index in [1.165, 1.54) is 6.33 Å². The van der Waals surface area contributed by atoms with Gasteiger partial charge in [0.2, 0.25) is 0 Å². The van der Waals surface area contributed by atoms with E-state index in [-0.39, 0.29) is 19.1 Å². The van der Waals surface area contributed by atoms with Crippen LogP contribution in [-0.2, 0) is 0 Å². The van der Waals surface area contributed by atoms with Gasteiger partial charge in [0, 0.05) is 17.7 Å². The predicted octanol–water partition coefficient (Wildman–Crippen LogP) is 0.194. The zero-order chi connectivity index (χ0) is 12.1. The van der Waals surface area contributed by atoms with Gasteiger partial charge in [-0.25, -0.2) is 4.98 Å². The number of aromatic amines is 1. The number of aliphatic hydroxyl groups is 1. The van der Waals surface area contributed by atoms with E-state index in [1.807, 2.05) is 6.07 Å². The molecule has 2 rings (SSSR count). The van der Waals surface area contributed by atoms with E-state index < -0.39 is 0 Å². The Kier molecular flexibility index (Phi) is 3.46. The van der Waals surface area contributed by atoms with Crippen molar-refractivity contribution < 1.29 is 9.90 Å². The topological polar surface area (TPSA) is 90.9 Å². The third-order valence-corrected chi connectivity index (χ3v) is 2.21. The minimum Gasteiger partial charge on any atom is -0.395 e. The Balaban J connectivity index is 2.20. The van der Waals surface area contributed by atoms with Crippen molar-refractivity contribution in [2.45, 2.75) is 0 Å². The number of amides is 1. The number of H-pyrrole nitrogens is 1. The monoisotopic (exact) mass is 232 g/mol. The number of carbonyl (C=O) groups is 1. The summed E-state index contributed by atoms with van der Waals surface area (Å²) in [6, 6.07) is 7.02. The molecule has 0 fully saturated rings. The smallest absolute Gasteiger partial charge is 0.251 e. The normalized spacial score (nSPS) is 10.2. The summed E-state index contributed by atoms with van der Waals surface area (Å²) in [5.41, 5.74) is 1.31. The van der Waals surface area contributed by atoms with Crippen LogP contribution in [0.15, 0.2) is 30.6 Å². The second-order valence-electron chi connectivity index (χ2n) is 3.39. The summed E-state index contributed by atoms with van der Waals surface area (Å²) >= 11 is 0. The molecule has 6 nitrogen and oxygen atoms in total. The first-order chi connectivity index (χ1) is 8.31. The average molecular weight is 232 g/mol. The molecule has 6 heteroatoms. The molecule has 1 heterocycles. The number of benzene rings is 1. The van der Waals surface area contributed by atoms with Gasteiger partial charge >= 0.3 is 0 Å². The lowest BCUT2D eigenvalue weighted by molar-refractivity contribution is 0.0945. The molecule has 17 heavy (non-hydrogen) atoms. The highest BCUT2D eigenvalue weighted by atomic mass is 16.3. The minimum atomic E-state index is -0.222. The first-order valence-corrected chi connectivity index (χ1v) is 5.16. The van der Waals surface area contributed by atoms with Crippen LogP contribution in [-0.4, -0.2) is 39.3 Å². The van der Waals surface area contributed by atoms with Crippen molar-refractivity contribution in [1.29, 1.82) is 0 Å². The Bertz CT molecular complexity index is 496. The fourth-order valence-corrected chi connectivity index (χ4v) is 1.42. The third kappa shape index (κ3) is 2.67. The SMILES string of the molecule is O=C(NCCO)c1cccc(-c2ncn[nH]2)c1. The van der Waals surface area contributed by atoms with Gasteiger partial charge in [-0.3, -0.25) is 9.89 Å². The Hall–Kier alpha value is -2.21. The maximum absolute atomic E-state index is 11.7. The third-order valence-electron chi connectivity index (χ3n) is 2.21. The summed E-state index contributed by atoms with van der Waals surface area (Å²) in [5, 5.41) is 17.7. The maximum atomic E-state index is 11.7. The zero-order valence-electron chi connectivity index (χ0n) is 9.05. The lowest BCUT2D eigenvalue weighted by Gasteiger charge is -2.04. The molecule has 0 bridgehead atoms. The molecule has 0 radical (unpaired) electrons. The summed E-state index contributed by atoms with van der Waals surface area (Å²) in [6.07, 6.45) is 1.41. The molecule has 0 aliphatic rings. The number of aliphatic hydroxyl groups excluding tert-OH is 1. The quantitative estimate of drug-likeness (QED) is 0.702. The van der Waals surface area contributed by atoms with Gasteiger partial charge in [-0.2, -0.15) is 5.10 Å². The van der Waals surface area contributed by atoms with E-state index >= 15 is 0 Å². The molecular weight excluding hydrogens is 220 g/mol. The average Bonchev–Trinajstić information content (AvgIpc) is 2.90. The standard InChI is InChI=1S/C11H12N4O2/c16-5-4-12-11(17)9-3-1-2-8(6-9)10-13-7-14-15-10/h1-3,6-7,16H,4-5H2,(H,12,17)(H,13,14,15). The largest absolute Gasteiger partial charge is 0.395 e. The van der Waals surface area contributed by atoms with Gasteiger partial charge in [-0.05, 0) is 12.1 Å². The van der Waals surface area contributed by atoms with Crippen LogP contribution < -0.4 is 5.32 Å². The number of nitrogens with one attached hydrogen (secondary N) is 2. The van der Waals surface area contributed by atoms with Crippen LogP contribution >= 0.6 is 0 Å². The van der Waals surface area contributed by atoms with Crippen LogP contribution in [0.3, 0.4) is 0 Å². The first kappa shape index (κ1) is 11.3. The second kappa shape index (κ2) is 5.22. The summed E-state index contributed by atoms with van der Waals surface area (Å²) < 4.78 is 0. The fraction of sp³-hybridized carbons (Fsp3) is 0.182. The molecule has 1 aromatic carbocycles. The van der Waals surface area contributed by atoms with E-state index in [0.29, 0.717) is 11.4 Å². The van der Waals surface area contributed by atoms with Gasteiger partial charge in [0.05, 0.1) is 6.61 Å². The van der Waals surface area contributed by atoms with Crippen molar-refractivity contribution in [3.8, 4) is 11.4 Å². The lowest BCUT2D eigenvalue weighted by Crippen LogP contribution is -2.26. The van der Waals surface area contributed by atoms with Gasteiger partial charge in [0.25, 0.3) is 5.91 Å². The van der Waals surface area contributed by atoms with Crippen molar-refractivity contribution >= 4 is 5.91 Å². The van der Waals surface area contributed by atoms with Crippen molar-refractivity contribution in [3.63, 3.8) is 0 Å². The van der Waals surface area contributed by atoms with Gasteiger partial charge < -0.3 is 10.4 Å². The first-order valence-electron chi connectivity index (χ1n) is 5.16. The summed E-state index contributed by atoms with van der Waals surface area (Å²) in [5.74, 6) is 0.391. The van der Waals surface area contributed by atoms with E-state index in [9.17, 15) is 4.79 Å². The highest BCUT2D eigenvalue weighted by Crippen LogP contribution is 2.15. The highest BCUT2D eigenvalue weighted by Gasteiger charge is 2.07. The van der Waals surface area contributed by atoms with Crippen molar-refractivity contribution in [2.75, 3.05) is 13.2 Å². The van der Waals surface area contributed by atoms with E-state index in [4.69, 9.17) is 5.11 Å². The number of nitrogens with zero attached hydrogens (tertiary/aromatic N) is 2. The zero-order valence-corrected chi connectivity index (χ0v) is 9.05. The molecular formula is C11H12N4O2. The molecule has 0 unspecified atom stereocenters. The molecule has 0 atom stereocenters. The molecule has 1 aromatic heterocycles. The predicted molar refractivity (Wildman–Crippen MR) is 61.2 cm³/mol. The van der Waals surface area contributed by atoms with Crippen LogP contribution in [0.4, 0.5) is 0 Å². The van der Waals surface area contributed by atoms with Crippen LogP contribution in [0, 0.1) is 0 Å². The molecule has 2 aromatic rings. The van der Waals surface area contributed by atoms with Crippen LogP contribution in [0.2, 0.25) is 0 Å². The van der Waals surface area contributed by atoms with E-state index in [0.717, 1.165) is 5.56 Å². The second-order valence-corrected chi connectivity index (χ2v) is 3.39. The van der Waals surface area contributed by atoms with Crippen LogP contribution in [0.5, 0.6) is 0 Å². The van der Waals surface area contributed by atoms with Crippen molar-refractivity contribution in [1.82, 2.24) is 20.5 Å². The molecule has 3 N–H and O–H groups in total. The maximum Gasteiger partial charge on any atom is 0.251 e. The lowest BCUT2D eigenvalue weighted by atomic mass is 10.1. The number of hydrogen-bond donors (Lipinski definition) is 3. The molecule has 1 amide bonds. The Morgan fingerprint density at radius 1 is 1.47 bits per heavy atom. The van der Waals surface area contributed by atoms with Gasteiger partial charge in [-0.1, -0.05) is 12.1 Å². The molecule has 0 saturated heterocycles. The Morgan fingerprint density at radius 2 is 2.35 bits per heavy atom. The van der Waals surface area contributed by atoms with Gasteiger partial charge in [0.1, 0.15) is 6.33 Å². The number of carbonyl (C=O) groups excluding carboxylic acids is 1. The Morgan fingerprint density at radius 3 is 3.06 bits per heavy atom. The highest BCUT2D eigenvalue weighted by molar-refractivity contribution is 5.95. The molecule has 0 aliphatic carbocycles. The molecule has 0 saturated carbocycles. The number of aromatic nitrogens is 3. The number of rotatable bonds is 4. The van der Waals surface area contributed by atoms with E-state index in [1.54, 1.807) is 18.2 Å². The van der Waals surface area contributed by atoms with Gasteiger partial charge in [-0.15, -0.1) is 0 Å².